The third-order valence-electron chi connectivity index (χ3n) is 5.55. The van der Waals surface area contributed by atoms with Gasteiger partial charge in [-0.05, 0) is 37.1 Å². The molecule has 1 aromatic carbocycles. The number of hydrogen-bond donors (Lipinski definition) is 1. The number of aromatic nitrogens is 2. The molecule has 9 heteroatoms. The fraction of sp³-hybridized carbons (Fsp3) is 0.333. The first-order valence-electron chi connectivity index (χ1n) is 10.9. The Morgan fingerprint density at radius 3 is 2.39 bits per heavy atom. The van der Waals surface area contributed by atoms with Crippen LogP contribution in [0.25, 0.3) is 11.8 Å². The molecular weight excluding hydrogens is 428 g/mol. The van der Waals surface area contributed by atoms with Gasteiger partial charge in [-0.2, -0.15) is 0 Å². The fourth-order valence-corrected chi connectivity index (χ4v) is 3.82. The molecular formula is C24H24N2O7. The lowest BCUT2D eigenvalue weighted by Crippen LogP contribution is -2.47. The van der Waals surface area contributed by atoms with Crippen LogP contribution in [0, 0.1) is 0 Å². The van der Waals surface area contributed by atoms with Crippen LogP contribution in [0.5, 0.6) is 5.88 Å². The van der Waals surface area contributed by atoms with Gasteiger partial charge < -0.3 is 14.2 Å². The first kappa shape index (κ1) is 22.3. The molecule has 1 saturated heterocycles. The van der Waals surface area contributed by atoms with E-state index in [2.05, 4.69) is 5.10 Å². The maximum Gasteiger partial charge on any atom is 0.348 e. The lowest BCUT2D eigenvalue weighted by molar-refractivity contribution is -0.244. The van der Waals surface area contributed by atoms with Crippen molar-refractivity contribution >= 4 is 24.0 Å². The SMILES string of the molecule is CCC(=O)Oc1[nH]n(-c2ccccc2)c(=O)c1/C=C/C=C1C(=O)OC2(CCCCC2)OC1=O. The normalized spacial score (nSPS) is 17.7. The van der Waals surface area contributed by atoms with Gasteiger partial charge in [-0.25, -0.2) is 14.3 Å². The van der Waals surface area contributed by atoms with Crippen LogP contribution in [-0.2, 0) is 23.9 Å². The van der Waals surface area contributed by atoms with E-state index in [1.54, 1.807) is 31.2 Å². The molecule has 1 aliphatic carbocycles. The molecule has 0 atom stereocenters. The summed E-state index contributed by atoms with van der Waals surface area (Å²) in [6.45, 7) is 1.63. The van der Waals surface area contributed by atoms with E-state index in [1.807, 2.05) is 6.07 Å². The number of benzene rings is 1. The Morgan fingerprint density at radius 1 is 1.09 bits per heavy atom. The van der Waals surface area contributed by atoms with Crippen LogP contribution < -0.4 is 10.3 Å². The summed E-state index contributed by atoms with van der Waals surface area (Å²) in [4.78, 5) is 49.7. The Kier molecular flexibility index (Phi) is 6.30. The molecule has 2 aliphatic rings. The summed E-state index contributed by atoms with van der Waals surface area (Å²) in [6, 6.07) is 8.77. The van der Waals surface area contributed by atoms with Gasteiger partial charge in [0.2, 0.25) is 5.88 Å². The summed E-state index contributed by atoms with van der Waals surface area (Å²) in [6.07, 6.45) is 7.67. The zero-order chi connectivity index (χ0) is 23.4. The van der Waals surface area contributed by atoms with Crippen molar-refractivity contribution in [1.82, 2.24) is 9.78 Å². The monoisotopic (exact) mass is 452 g/mol. The quantitative estimate of drug-likeness (QED) is 0.421. The highest BCUT2D eigenvalue weighted by molar-refractivity contribution is 6.15. The van der Waals surface area contributed by atoms with Gasteiger partial charge in [0.25, 0.3) is 11.3 Å². The van der Waals surface area contributed by atoms with Crippen LogP contribution in [0.3, 0.4) is 0 Å². The number of H-pyrrole nitrogens is 1. The third-order valence-corrected chi connectivity index (χ3v) is 5.55. The second-order valence-electron chi connectivity index (χ2n) is 7.85. The summed E-state index contributed by atoms with van der Waals surface area (Å²) in [5, 5.41) is 2.78. The molecule has 0 unspecified atom stereocenters. The van der Waals surface area contributed by atoms with Crippen LogP contribution in [0.4, 0.5) is 0 Å². The number of aromatic amines is 1. The first-order valence-corrected chi connectivity index (χ1v) is 10.9. The number of rotatable bonds is 5. The van der Waals surface area contributed by atoms with E-state index in [1.165, 1.54) is 22.9 Å². The summed E-state index contributed by atoms with van der Waals surface area (Å²) in [7, 11) is 0. The van der Waals surface area contributed by atoms with Crippen molar-refractivity contribution < 1.29 is 28.6 Å². The number of esters is 3. The third kappa shape index (κ3) is 4.67. The zero-order valence-electron chi connectivity index (χ0n) is 18.2. The molecule has 1 aliphatic heterocycles. The van der Waals surface area contributed by atoms with Crippen LogP contribution in [-0.4, -0.2) is 33.5 Å². The maximum absolute atomic E-state index is 13.0. The summed E-state index contributed by atoms with van der Waals surface area (Å²) in [5.74, 6) is -3.25. The molecule has 0 bridgehead atoms. The number of allylic oxidation sites excluding steroid dienone is 2. The van der Waals surface area contributed by atoms with E-state index in [-0.39, 0.29) is 23.4 Å². The minimum atomic E-state index is -1.17. The summed E-state index contributed by atoms with van der Waals surface area (Å²) >= 11 is 0. The molecule has 9 nitrogen and oxygen atoms in total. The van der Waals surface area contributed by atoms with Crippen LogP contribution >= 0.6 is 0 Å². The molecule has 1 saturated carbocycles. The number of hydrogen-bond acceptors (Lipinski definition) is 7. The van der Waals surface area contributed by atoms with Crippen molar-refractivity contribution in [3.8, 4) is 11.6 Å². The Bertz CT molecular complexity index is 1160. The number of ether oxygens (including phenoxy) is 3. The fourth-order valence-electron chi connectivity index (χ4n) is 3.82. The van der Waals surface area contributed by atoms with Gasteiger partial charge in [0.15, 0.2) is 0 Å². The lowest BCUT2D eigenvalue weighted by Gasteiger charge is -2.38. The molecule has 2 heterocycles. The molecule has 2 fully saturated rings. The smallest absolute Gasteiger partial charge is 0.348 e. The summed E-state index contributed by atoms with van der Waals surface area (Å²) < 4.78 is 17.4. The van der Waals surface area contributed by atoms with Gasteiger partial charge in [-0.15, -0.1) is 0 Å². The lowest BCUT2D eigenvalue weighted by atomic mass is 9.93. The average Bonchev–Trinajstić information content (AvgIpc) is 3.11. The van der Waals surface area contributed by atoms with Gasteiger partial charge in [0, 0.05) is 19.3 Å². The minimum Gasteiger partial charge on any atom is -0.419 e. The molecule has 1 spiro atoms. The predicted molar refractivity (Wildman–Crippen MR) is 117 cm³/mol. The molecule has 2 aromatic rings. The van der Waals surface area contributed by atoms with Gasteiger partial charge in [0.1, 0.15) is 11.1 Å². The van der Waals surface area contributed by atoms with E-state index in [9.17, 15) is 19.2 Å². The Hall–Kier alpha value is -3.88. The van der Waals surface area contributed by atoms with Crippen molar-refractivity contribution in [3.63, 3.8) is 0 Å². The van der Waals surface area contributed by atoms with Gasteiger partial charge in [-0.1, -0.05) is 37.6 Å². The van der Waals surface area contributed by atoms with Crippen LogP contribution in [0.1, 0.15) is 51.0 Å². The van der Waals surface area contributed by atoms with Crippen LogP contribution in [0.2, 0.25) is 0 Å². The minimum absolute atomic E-state index is 0.0414. The molecule has 0 amide bonds. The summed E-state index contributed by atoms with van der Waals surface area (Å²) in [5.41, 5.74) is -0.136. The highest BCUT2D eigenvalue weighted by Crippen LogP contribution is 2.37. The van der Waals surface area contributed by atoms with E-state index >= 15 is 0 Å². The number of carbonyl (C=O) groups is 3. The number of nitrogens with zero attached hydrogens (tertiary/aromatic N) is 1. The van der Waals surface area contributed by atoms with Gasteiger partial charge in [0.05, 0.1) is 5.69 Å². The van der Waals surface area contributed by atoms with Crippen molar-refractivity contribution in [3.05, 3.63) is 64.0 Å². The first-order chi connectivity index (χ1) is 15.9. The predicted octanol–water partition coefficient (Wildman–Crippen LogP) is 3.18. The molecule has 33 heavy (non-hydrogen) atoms. The molecule has 172 valence electrons. The average molecular weight is 452 g/mol. The maximum atomic E-state index is 13.0. The Labute approximate surface area is 189 Å². The molecule has 1 aromatic heterocycles. The topological polar surface area (TPSA) is 117 Å². The largest absolute Gasteiger partial charge is 0.419 e. The van der Waals surface area contributed by atoms with Crippen molar-refractivity contribution in [1.29, 1.82) is 0 Å². The standard InChI is InChI=1S/C24H24N2O7/c1-2-19(27)31-20-17(21(28)26(25-20)16-10-5-3-6-11-16)12-9-13-18-22(29)32-24(33-23(18)30)14-7-4-8-15-24/h3,5-6,9-13,25H,2,4,7-8,14-15H2,1H3/b12-9+. The number of nitrogens with one attached hydrogen (secondary N) is 1. The second kappa shape index (κ2) is 9.32. The van der Waals surface area contributed by atoms with E-state index < -0.39 is 29.3 Å². The highest BCUT2D eigenvalue weighted by Gasteiger charge is 2.46. The van der Waals surface area contributed by atoms with Gasteiger partial charge in [-0.3, -0.25) is 14.7 Å². The van der Waals surface area contributed by atoms with E-state index in [0.717, 1.165) is 19.3 Å². The Balaban J connectivity index is 1.62. The van der Waals surface area contributed by atoms with E-state index in [0.29, 0.717) is 18.5 Å². The van der Waals surface area contributed by atoms with Gasteiger partial charge >= 0.3 is 17.9 Å². The van der Waals surface area contributed by atoms with Crippen molar-refractivity contribution in [2.24, 2.45) is 0 Å². The van der Waals surface area contributed by atoms with Crippen molar-refractivity contribution in [2.75, 3.05) is 0 Å². The molecule has 4 rings (SSSR count). The zero-order valence-corrected chi connectivity index (χ0v) is 18.2. The van der Waals surface area contributed by atoms with E-state index in [4.69, 9.17) is 14.2 Å². The molecule has 0 radical (unpaired) electrons. The highest BCUT2D eigenvalue weighted by atomic mass is 16.7. The number of carbonyl (C=O) groups excluding carboxylic acids is 3. The molecule has 1 N–H and O–H groups in total. The second-order valence-corrected chi connectivity index (χ2v) is 7.85. The Morgan fingerprint density at radius 2 is 1.76 bits per heavy atom. The van der Waals surface area contributed by atoms with Crippen molar-refractivity contribution in [2.45, 2.75) is 51.2 Å². The van der Waals surface area contributed by atoms with Crippen LogP contribution in [0.15, 0.2) is 52.9 Å². The number of para-hydroxylation sites is 1.